The first-order valence-corrected chi connectivity index (χ1v) is 12.5. The van der Waals surface area contributed by atoms with E-state index in [2.05, 4.69) is 36.6 Å². The van der Waals surface area contributed by atoms with E-state index >= 15 is 0 Å². The number of fused-ring (bicyclic) bond motifs is 1. The van der Waals surface area contributed by atoms with Crippen LogP contribution in [0.4, 0.5) is 0 Å². The molecule has 5 rings (SSSR count). The highest BCUT2D eigenvalue weighted by atomic mass is 16.2. The van der Waals surface area contributed by atoms with Crippen LogP contribution in [0.25, 0.3) is 0 Å². The molecule has 0 bridgehead atoms. The maximum atomic E-state index is 13.9. The first-order valence-electron chi connectivity index (χ1n) is 12.5. The largest absolute Gasteiger partial charge is 0.349 e. The Morgan fingerprint density at radius 3 is 2.32 bits per heavy atom. The van der Waals surface area contributed by atoms with E-state index in [0.29, 0.717) is 12.0 Å². The SMILES string of the molecule is CC(C)C[C@@H]1C(=O)N[C@H](C2Cc3ccccc3C2)C(=O)N1Cc1ccccc1C(=O)NC1CC1. The molecule has 1 heterocycles. The third-order valence-electron chi connectivity index (χ3n) is 7.29. The summed E-state index contributed by atoms with van der Waals surface area (Å²) in [7, 11) is 0. The monoisotopic (exact) mass is 459 g/mol. The fourth-order valence-corrected chi connectivity index (χ4v) is 5.36. The Bertz CT molecular complexity index is 1080. The molecule has 1 saturated heterocycles. The van der Waals surface area contributed by atoms with Gasteiger partial charge in [-0.05, 0) is 66.7 Å². The van der Waals surface area contributed by atoms with Crippen molar-refractivity contribution in [3.8, 4) is 0 Å². The second-order valence-electron chi connectivity index (χ2n) is 10.4. The lowest BCUT2D eigenvalue weighted by Crippen LogP contribution is -2.65. The molecule has 0 spiro atoms. The summed E-state index contributed by atoms with van der Waals surface area (Å²) in [4.78, 5) is 41.8. The average molecular weight is 460 g/mol. The van der Waals surface area contributed by atoms with Gasteiger partial charge in [-0.1, -0.05) is 56.3 Å². The molecular weight excluding hydrogens is 426 g/mol. The van der Waals surface area contributed by atoms with Gasteiger partial charge in [0.1, 0.15) is 12.1 Å². The number of benzene rings is 2. The first kappa shape index (κ1) is 22.6. The van der Waals surface area contributed by atoms with E-state index in [1.807, 2.05) is 36.4 Å². The average Bonchev–Trinajstić information content (AvgIpc) is 3.52. The molecular formula is C28H33N3O3. The van der Waals surface area contributed by atoms with Gasteiger partial charge in [-0.3, -0.25) is 14.4 Å². The van der Waals surface area contributed by atoms with Gasteiger partial charge in [0.15, 0.2) is 0 Å². The van der Waals surface area contributed by atoms with E-state index in [9.17, 15) is 14.4 Å². The summed E-state index contributed by atoms with van der Waals surface area (Å²) in [6.07, 6.45) is 4.19. The number of piperazine rings is 1. The molecule has 1 saturated carbocycles. The van der Waals surface area contributed by atoms with Gasteiger partial charge in [0.05, 0.1) is 0 Å². The van der Waals surface area contributed by atoms with E-state index in [1.54, 1.807) is 4.90 Å². The molecule has 178 valence electrons. The molecule has 3 amide bonds. The molecule has 2 N–H and O–H groups in total. The van der Waals surface area contributed by atoms with Crippen LogP contribution >= 0.6 is 0 Å². The van der Waals surface area contributed by atoms with Gasteiger partial charge in [-0.15, -0.1) is 0 Å². The minimum atomic E-state index is -0.546. The number of hydrogen-bond donors (Lipinski definition) is 2. The van der Waals surface area contributed by atoms with Crippen molar-refractivity contribution in [2.24, 2.45) is 11.8 Å². The number of nitrogens with zero attached hydrogens (tertiary/aromatic N) is 1. The van der Waals surface area contributed by atoms with Crippen LogP contribution in [0.1, 0.15) is 60.2 Å². The van der Waals surface area contributed by atoms with Gasteiger partial charge in [-0.25, -0.2) is 0 Å². The normalized spacial score (nSPS) is 22.6. The van der Waals surface area contributed by atoms with E-state index in [-0.39, 0.29) is 42.1 Å². The third kappa shape index (κ3) is 4.59. The fourth-order valence-electron chi connectivity index (χ4n) is 5.36. The highest BCUT2D eigenvalue weighted by molar-refractivity contribution is 5.98. The van der Waals surface area contributed by atoms with Gasteiger partial charge in [0.25, 0.3) is 5.91 Å². The topological polar surface area (TPSA) is 78.5 Å². The van der Waals surface area contributed by atoms with Gasteiger partial charge in [0, 0.05) is 18.2 Å². The lowest BCUT2D eigenvalue weighted by atomic mass is 9.89. The number of nitrogens with one attached hydrogen (secondary N) is 2. The molecule has 2 fully saturated rings. The summed E-state index contributed by atoms with van der Waals surface area (Å²) in [5.41, 5.74) is 3.88. The van der Waals surface area contributed by atoms with Crippen LogP contribution in [-0.4, -0.2) is 40.7 Å². The summed E-state index contributed by atoms with van der Waals surface area (Å²) < 4.78 is 0. The van der Waals surface area contributed by atoms with Crippen LogP contribution in [0.2, 0.25) is 0 Å². The van der Waals surface area contributed by atoms with Crippen LogP contribution in [0.15, 0.2) is 48.5 Å². The predicted molar refractivity (Wildman–Crippen MR) is 130 cm³/mol. The van der Waals surface area contributed by atoms with Crippen LogP contribution in [-0.2, 0) is 29.0 Å². The third-order valence-corrected chi connectivity index (χ3v) is 7.29. The zero-order chi connectivity index (χ0) is 23.8. The van der Waals surface area contributed by atoms with E-state index in [0.717, 1.165) is 31.2 Å². The lowest BCUT2D eigenvalue weighted by Gasteiger charge is -2.41. The molecule has 34 heavy (non-hydrogen) atoms. The van der Waals surface area contributed by atoms with Crippen molar-refractivity contribution >= 4 is 17.7 Å². The Hall–Kier alpha value is -3.15. The molecule has 2 atom stereocenters. The molecule has 3 aliphatic rings. The second-order valence-corrected chi connectivity index (χ2v) is 10.4. The van der Waals surface area contributed by atoms with E-state index in [4.69, 9.17) is 0 Å². The Kier molecular flexibility index (Phi) is 6.15. The van der Waals surface area contributed by atoms with Crippen LogP contribution < -0.4 is 10.6 Å². The Balaban J connectivity index is 1.42. The highest BCUT2D eigenvalue weighted by Crippen LogP contribution is 2.32. The van der Waals surface area contributed by atoms with Crippen molar-refractivity contribution in [1.82, 2.24) is 15.5 Å². The van der Waals surface area contributed by atoms with Gasteiger partial charge in [-0.2, -0.15) is 0 Å². The quantitative estimate of drug-likeness (QED) is 0.667. The molecule has 2 aromatic carbocycles. The van der Waals surface area contributed by atoms with Crippen LogP contribution in [0, 0.1) is 11.8 Å². The van der Waals surface area contributed by atoms with Crippen LogP contribution in [0.5, 0.6) is 0 Å². The molecule has 6 heteroatoms. The number of carbonyl (C=O) groups is 3. The standard InChI is InChI=1S/C28H33N3O3/c1-17(2)13-24-27(33)30-25(21-14-18-7-3-4-8-19(18)15-21)28(34)31(24)16-20-9-5-6-10-23(20)26(32)29-22-11-12-22/h3-10,17,21-22,24-25H,11-16H2,1-2H3,(H,29,32)(H,30,33)/t24-,25-/m1/s1. The molecule has 1 aliphatic heterocycles. The minimum absolute atomic E-state index is 0.0412. The van der Waals surface area contributed by atoms with Crippen molar-refractivity contribution in [2.45, 2.75) is 70.6 Å². The number of carbonyl (C=O) groups excluding carboxylic acids is 3. The van der Waals surface area contributed by atoms with Crippen molar-refractivity contribution in [2.75, 3.05) is 0 Å². The second kappa shape index (κ2) is 9.24. The number of hydrogen-bond acceptors (Lipinski definition) is 3. The molecule has 0 aromatic heterocycles. The molecule has 2 aliphatic carbocycles. The van der Waals surface area contributed by atoms with Crippen molar-refractivity contribution < 1.29 is 14.4 Å². The maximum Gasteiger partial charge on any atom is 0.251 e. The lowest BCUT2D eigenvalue weighted by molar-refractivity contribution is -0.152. The zero-order valence-corrected chi connectivity index (χ0v) is 19.9. The first-order chi connectivity index (χ1) is 16.4. The summed E-state index contributed by atoms with van der Waals surface area (Å²) in [6, 6.07) is 14.9. The Morgan fingerprint density at radius 2 is 1.68 bits per heavy atom. The Labute approximate surface area is 201 Å². The number of rotatable bonds is 7. The minimum Gasteiger partial charge on any atom is -0.349 e. The molecule has 0 radical (unpaired) electrons. The molecule has 2 aromatic rings. The van der Waals surface area contributed by atoms with Crippen molar-refractivity contribution in [1.29, 1.82) is 0 Å². The summed E-state index contributed by atoms with van der Waals surface area (Å²) >= 11 is 0. The smallest absolute Gasteiger partial charge is 0.251 e. The summed E-state index contributed by atoms with van der Waals surface area (Å²) in [6.45, 7) is 4.38. The molecule has 6 nitrogen and oxygen atoms in total. The fraction of sp³-hybridized carbons (Fsp3) is 0.464. The van der Waals surface area contributed by atoms with Crippen molar-refractivity contribution in [3.05, 3.63) is 70.8 Å². The van der Waals surface area contributed by atoms with Gasteiger partial charge >= 0.3 is 0 Å². The Morgan fingerprint density at radius 1 is 1.03 bits per heavy atom. The van der Waals surface area contributed by atoms with Gasteiger partial charge in [0.2, 0.25) is 11.8 Å². The highest BCUT2D eigenvalue weighted by Gasteiger charge is 2.45. The van der Waals surface area contributed by atoms with Crippen molar-refractivity contribution in [3.63, 3.8) is 0 Å². The zero-order valence-electron chi connectivity index (χ0n) is 19.9. The maximum absolute atomic E-state index is 13.9. The summed E-state index contributed by atoms with van der Waals surface area (Å²) in [5.74, 6) is 0.0707. The van der Waals surface area contributed by atoms with Gasteiger partial charge < -0.3 is 15.5 Å². The van der Waals surface area contributed by atoms with E-state index < -0.39 is 12.1 Å². The number of amides is 3. The van der Waals surface area contributed by atoms with E-state index in [1.165, 1.54) is 11.1 Å². The van der Waals surface area contributed by atoms with Crippen LogP contribution in [0.3, 0.4) is 0 Å². The molecule has 0 unspecified atom stereocenters. The predicted octanol–water partition coefficient (Wildman–Crippen LogP) is 3.24. The summed E-state index contributed by atoms with van der Waals surface area (Å²) in [5, 5.41) is 6.13.